The van der Waals surface area contributed by atoms with Crippen LogP contribution < -0.4 is 0 Å². The number of halogens is 3. The Balaban J connectivity index is 1.76. The molecule has 1 unspecified atom stereocenters. The van der Waals surface area contributed by atoms with Gasteiger partial charge in [-0.15, -0.1) is 0 Å². The molecule has 0 aromatic heterocycles. The second-order valence-electron chi connectivity index (χ2n) is 5.98. The lowest BCUT2D eigenvalue weighted by atomic mass is 9.92. The summed E-state index contributed by atoms with van der Waals surface area (Å²) in [4.78, 5) is 0. The van der Waals surface area contributed by atoms with Crippen molar-refractivity contribution >= 4 is 0 Å². The molecule has 23 heavy (non-hydrogen) atoms. The molecule has 0 radical (unpaired) electrons. The topological polar surface area (TPSA) is 9.23 Å². The van der Waals surface area contributed by atoms with Crippen molar-refractivity contribution in [3.05, 3.63) is 70.3 Å². The summed E-state index contributed by atoms with van der Waals surface area (Å²) >= 11 is 0. The van der Waals surface area contributed by atoms with Gasteiger partial charge in [-0.05, 0) is 40.8 Å². The Morgan fingerprint density at radius 2 is 1.78 bits per heavy atom. The SMILES string of the molecule is CCCc1ccc2c(c1)COC(c1ccc(C(F)(F)F)cc1)C2. The Hall–Kier alpha value is -1.81. The molecule has 4 heteroatoms. The van der Waals surface area contributed by atoms with Crippen molar-refractivity contribution in [3.8, 4) is 0 Å². The van der Waals surface area contributed by atoms with Crippen LogP contribution in [0.5, 0.6) is 0 Å². The number of alkyl halides is 3. The summed E-state index contributed by atoms with van der Waals surface area (Å²) in [5.41, 5.74) is 3.89. The van der Waals surface area contributed by atoms with Crippen molar-refractivity contribution in [1.82, 2.24) is 0 Å². The molecular weight excluding hydrogens is 301 g/mol. The molecule has 122 valence electrons. The van der Waals surface area contributed by atoms with Crippen molar-refractivity contribution in [2.75, 3.05) is 0 Å². The molecule has 1 heterocycles. The van der Waals surface area contributed by atoms with Gasteiger partial charge >= 0.3 is 6.18 Å². The maximum Gasteiger partial charge on any atom is 0.416 e. The van der Waals surface area contributed by atoms with Gasteiger partial charge in [-0.2, -0.15) is 13.2 Å². The van der Waals surface area contributed by atoms with Gasteiger partial charge in [0, 0.05) is 6.42 Å². The maximum atomic E-state index is 12.6. The van der Waals surface area contributed by atoms with Crippen molar-refractivity contribution in [2.45, 2.75) is 45.1 Å². The number of hydrogen-bond acceptors (Lipinski definition) is 1. The molecule has 1 atom stereocenters. The highest BCUT2D eigenvalue weighted by atomic mass is 19.4. The average molecular weight is 320 g/mol. The lowest BCUT2D eigenvalue weighted by Gasteiger charge is -2.26. The first-order chi connectivity index (χ1) is 11.0. The van der Waals surface area contributed by atoms with E-state index < -0.39 is 11.7 Å². The lowest BCUT2D eigenvalue weighted by Crippen LogP contribution is -2.16. The highest BCUT2D eigenvalue weighted by Crippen LogP contribution is 2.34. The van der Waals surface area contributed by atoms with Crippen LogP contribution in [0.1, 0.15) is 47.3 Å². The third-order valence-electron chi connectivity index (χ3n) is 4.26. The summed E-state index contributed by atoms with van der Waals surface area (Å²) in [5, 5.41) is 0. The summed E-state index contributed by atoms with van der Waals surface area (Å²) in [6.07, 6.45) is -1.62. The zero-order valence-corrected chi connectivity index (χ0v) is 13.0. The Kier molecular flexibility index (Phi) is 4.44. The van der Waals surface area contributed by atoms with Gasteiger partial charge in [0.1, 0.15) is 0 Å². The predicted octanol–water partition coefficient (Wildman–Crippen LogP) is 5.47. The molecule has 3 rings (SSSR count). The molecule has 0 saturated carbocycles. The molecule has 0 amide bonds. The Labute approximate surface area is 134 Å². The predicted molar refractivity (Wildman–Crippen MR) is 83.1 cm³/mol. The molecule has 1 nitrogen and oxygen atoms in total. The van der Waals surface area contributed by atoms with Crippen LogP contribution in [0, 0.1) is 0 Å². The van der Waals surface area contributed by atoms with E-state index in [9.17, 15) is 13.2 Å². The van der Waals surface area contributed by atoms with Crippen LogP contribution in [0.15, 0.2) is 42.5 Å². The third-order valence-corrected chi connectivity index (χ3v) is 4.26. The number of ether oxygens (including phenoxy) is 1. The van der Waals surface area contributed by atoms with E-state index in [1.165, 1.54) is 28.8 Å². The number of benzene rings is 2. The Bertz CT molecular complexity index is 674. The van der Waals surface area contributed by atoms with E-state index in [1.807, 2.05) is 0 Å². The number of fused-ring (bicyclic) bond motifs is 1. The lowest BCUT2D eigenvalue weighted by molar-refractivity contribution is -0.137. The minimum absolute atomic E-state index is 0.179. The van der Waals surface area contributed by atoms with Gasteiger partial charge in [0.25, 0.3) is 0 Å². The van der Waals surface area contributed by atoms with Gasteiger partial charge in [-0.1, -0.05) is 43.7 Å². The van der Waals surface area contributed by atoms with E-state index in [0.717, 1.165) is 30.5 Å². The minimum atomic E-state index is -4.30. The molecule has 2 aromatic rings. The molecule has 0 spiro atoms. The van der Waals surface area contributed by atoms with Gasteiger partial charge in [0.05, 0.1) is 18.3 Å². The zero-order chi connectivity index (χ0) is 16.4. The normalized spacial score (nSPS) is 17.8. The van der Waals surface area contributed by atoms with Crippen LogP contribution in [0.2, 0.25) is 0 Å². The molecule has 0 N–H and O–H groups in total. The van der Waals surface area contributed by atoms with Gasteiger partial charge in [0.2, 0.25) is 0 Å². The van der Waals surface area contributed by atoms with E-state index >= 15 is 0 Å². The van der Waals surface area contributed by atoms with Crippen LogP contribution >= 0.6 is 0 Å². The highest BCUT2D eigenvalue weighted by molar-refractivity contribution is 5.36. The fourth-order valence-electron chi connectivity index (χ4n) is 3.01. The van der Waals surface area contributed by atoms with Crippen molar-refractivity contribution in [2.24, 2.45) is 0 Å². The maximum absolute atomic E-state index is 12.6. The van der Waals surface area contributed by atoms with Crippen LogP contribution in [-0.2, 0) is 30.4 Å². The summed E-state index contributed by atoms with van der Waals surface area (Å²) in [5.74, 6) is 0. The van der Waals surface area contributed by atoms with E-state index in [1.54, 1.807) is 0 Å². The van der Waals surface area contributed by atoms with Gasteiger partial charge < -0.3 is 4.74 Å². The number of hydrogen-bond donors (Lipinski definition) is 0. The van der Waals surface area contributed by atoms with Crippen LogP contribution in [0.3, 0.4) is 0 Å². The molecule has 0 bridgehead atoms. The second-order valence-corrected chi connectivity index (χ2v) is 5.98. The fraction of sp³-hybridized carbons (Fsp3) is 0.368. The molecule has 0 fully saturated rings. The van der Waals surface area contributed by atoms with E-state index in [2.05, 4.69) is 25.1 Å². The Morgan fingerprint density at radius 3 is 2.43 bits per heavy atom. The molecule has 0 aliphatic carbocycles. The van der Waals surface area contributed by atoms with Crippen LogP contribution in [-0.4, -0.2) is 0 Å². The van der Waals surface area contributed by atoms with E-state index in [0.29, 0.717) is 13.0 Å². The van der Waals surface area contributed by atoms with Gasteiger partial charge in [0.15, 0.2) is 0 Å². The summed E-state index contributed by atoms with van der Waals surface area (Å²) in [7, 11) is 0. The van der Waals surface area contributed by atoms with Crippen molar-refractivity contribution in [3.63, 3.8) is 0 Å². The van der Waals surface area contributed by atoms with Crippen LogP contribution in [0.25, 0.3) is 0 Å². The first-order valence-corrected chi connectivity index (χ1v) is 7.87. The summed E-state index contributed by atoms with van der Waals surface area (Å²) < 4.78 is 43.8. The quantitative estimate of drug-likeness (QED) is 0.728. The first kappa shape index (κ1) is 16.1. The second kappa shape index (κ2) is 6.36. The van der Waals surface area contributed by atoms with Crippen molar-refractivity contribution in [1.29, 1.82) is 0 Å². The summed E-state index contributed by atoms with van der Waals surface area (Å²) in [6.45, 7) is 2.66. The average Bonchev–Trinajstić information content (AvgIpc) is 2.54. The molecule has 1 aliphatic heterocycles. The molecule has 0 saturated heterocycles. The monoisotopic (exact) mass is 320 g/mol. The standard InChI is InChI=1S/C19H19F3O/c1-2-3-13-4-5-15-11-18(23-12-16(15)10-13)14-6-8-17(9-7-14)19(20,21)22/h4-10,18H,2-3,11-12H2,1H3. The van der Waals surface area contributed by atoms with Crippen molar-refractivity contribution < 1.29 is 17.9 Å². The Morgan fingerprint density at radius 1 is 1.04 bits per heavy atom. The van der Waals surface area contributed by atoms with Gasteiger partial charge in [-0.25, -0.2) is 0 Å². The summed E-state index contributed by atoms with van der Waals surface area (Å²) in [6, 6.07) is 11.7. The van der Waals surface area contributed by atoms with E-state index in [-0.39, 0.29) is 6.10 Å². The number of aryl methyl sites for hydroxylation is 1. The highest BCUT2D eigenvalue weighted by Gasteiger charge is 2.30. The largest absolute Gasteiger partial charge is 0.416 e. The minimum Gasteiger partial charge on any atom is -0.368 e. The smallest absolute Gasteiger partial charge is 0.368 e. The first-order valence-electron chi connectivity index (χ1n) is 7.87. The number of rotatable bonds is 3. The zero-order valence-electron chi connectivity index (χ0n) is 13.0. The fourth-order valence-corrected chi connectivity index (χ4v) is 3.01. The van der Waals surface area contributed by atoms with E-state index in [4.69, 9.17) is 4.74 Å². The third kappa shape index (κ3) is 3.58. The molecule has 1 aliphatic rings. The molecule has 2 aromatic carbocycles. The van der Waals surface area contributed by atoms with Gasteiger partial charge in [-0.3, -0.25) is 0 Å². The molecular formula is C19H19F3O. The van der Waals surface area contributed by atoms with Crippen LogP contribution in [0.4, 0.5) is 13.2 Å².